The van der Waals surface area contributed by atoms with Gasteiger partial charge in [0.05, 0.1) is 17.4 Å². The number of carbonyl (C=O) groups is 3. The molecule has 5 rings (SSSR count). The highest BCUT2D eigenvalue weighted by Crippen LogP contribution is 2.29. The maximum absolute atomic E-state index is 13.4. The van der Waals surface area contributed by atoms with E-state index >= 15 is 0 Å². The van der Waals surface area contributed by atoms with Crippen molar-refractivity contribution in [3.8, 4) is 16.9 Å². The molecule has 4 amide bonds. The fourth-order valence-electron chi connectivity index (χ4n) is 4.09. The van der Waals surface area contributed by atoms with Crippen LogP contribution in [0.5, 0.6) is 0 Å². The van der Waals surface area contributed by atoms with Gasteiger partial charge in [-0.25, -0.2) is 9.48 Å². The lowest BCUT2D eigenvalue weighted by molar-refractivity contribution is -0.131. The fraction of sp³-hybridized carbons (Fsp3) is 0.0714. The van der Waals surface area contributed by atoms with Crippen LogP contribution in [0.2, 0.25) is 0 Å². The Morgan fingerprint density at radius 2 is 1.43 bits per heavy atom. The van der Waals surface area contributed by atoms with Crippen LogP contribution in [0.1, 0.15) is 24.1 Å². The third kappa shape index (κ3) is 4.27. The lowest BCUT2D eigenvalue weighted by Gasteiger charge is -2.31. The first kappa shape index (κ1) is 22.0. The molecule has 1 saturated heterocycles. The third-order valence-electron chi connectivity index (χ3n) is 5.91. The van der Waals surface area contributed by atoms with Gasteiger partial charge >= 0.3 is 6.03 Å². The van der Waals surface area contributed by atoms with Crippen molar-refractivity contribution in [2.45, 2.75) is 13.0 Å². The maximum atomic E-state index is 13.4. The Hall–Kier alpha value is -4.78. The topological polar surface area (TPSA) is 84.3 Å². The zero-order valence-electron chi connectivity index (χ0n) is 19.0. The number of rotatable bonds is 5. The van der Waals surface area contributed by atoms with Crippen molar-refractivity contribution < 1.29 is 14.4 Å². The highest BCUT2D eigenvalue weighted by atomic mass is 16.2. The van der Waals surface area contributed by atoms with Crippen molar-refractivity contribution in [2.75, 3.05) is 0 Å². The Morgan fingerprint density at radius 1 is 0.829 bits per heavy atom. The highest BCUT2D eigenvalue weighted by molar-refractivity contribution is 6.31. The van der Waals surface area contributed by atoms with Crippen LogP contribution in [-0.4, -0.2) is 32.5 Å². The number of urea groups is 1. The summed E-state index contributed by atoms with van der Waals surface area (Å²) in [6.45, 7) is 1.75. The maximum Gasteiger partial charge on any atom is 0.331 e. The molecule has 1 fully saturated rings. The number of nitrogens with zero attached hydrogens (tertiary/aromatic N) is 3. The summed E-state index contributed by atoms with van der Waals surface area (Å²) in [6.07, 6.45) is 3.27. The summed E-state index contributed by atoms with van der Waals surface area (Å²) in [7, 11) is 0. The van der Waals surface area contributed by atoms with E-state index in [4.69, 9.17) is 5.10 Å². The van der Waals surface area contributed by atoms with Gasteiger partial charge in [-0.15, -0.1) is 0 Å². The second-order valence-corrected chi connectivity index (χ2v) is 8.16. The molecule has 4 aromatic rings. The van der Waals surface area contributed by atoms with Crippen LogP contribution in [0, 0.1) is 0 Å². The first-order valence-electron chi connectivity index (χ1n) is 11.2. The van der Waals surface area contributed by atoms with E-state index in [2.05, 4.69) is 5.32 Å². The molecule has 172 valence electrons. The van der Waals surface area contributed by atoms with Gasteiger partial charge in [0.1, 0.15) is 5.57 Å². The number of benzene rings is 3. The molecule has 0 radical (unpaired) electrons. The quantitative estimate of drug-likeness (QED) is 0.342. The summed E-state index contributed by atoms with van der Waals surface area (Å²) in [5.74, 6) is -1.38. The predicted molar refractivity (Wildman–Crippen MR) is 132 cm³/mol. The van der Waals surface area contributed by atoms with Gasteiger partial charge < -0.3 is 0 Å². The molecule has 1 unspecified atom stereocenters. The number of hydrogen-bond acceptors (Lipinski definition) is 4. The van der Waals surface area contributed by atoms with E-state index in [1.54, 1.807) is 17.8 Å². The van der Waals surface area contributed by atoms with Gasteiger partial charge in [0.25, 0.3) is 11.8 Å². The normalized spacial score (nSPS) is 15.9. The van der Waals surface area contributed by atoms with Crippen LogP contribution < -0.4 is 5.32 Å². The Morgan fingerprint density at radius 3 is 2.09 bits per heavy atom. The van der Waals surface area contributed by atoms with E-state index in [1.807, 2.05) is 91.0 Å². The monoisotopic (exact) mass is 462 g/mol. The van der Waals surface area contributed by atoms with Crippen molar-refractivity contribution >= 4 is 23.9 Å². The minimum atomic E-state index is -0.739. The van der Waals surface area contributed by atoms with E-state index in [0.29, 0.717) is 11.3 Å². The second-order valence-electron chi connectivity index (χ2n) is 8.16. The van der Waals surface area contributed by atoms with Crippen LogP contribution in [0.25, 0.3) is 23.0 Å². The van der Waals surface area contributed by atoms with E-state index in [0.717, 1.165) is 21.7 Å². The average molecular weight is 463 g/mol. The van der Waals surface area contributed by atoms with Crippen LogP contribution >= 0.6 is 0 Å². The van der Waals surface area contributed by atoms with Crippen LogP contribution in [-0.2, 0) is 9.59 Å². The van der Waals surface area contributed by atoms with Gasteiger partial charge in [-0.2, -0.15) is 5.10 Å². The number of amides is 4. The second kappa shape index (κ2) is 9.23. The number of aromatic nitrogens is 2. The Labute approximate surface area is 202 Å². The molecule has 1 N–H and O–H groups in total. The zero-order valence-corrected chi connectivity index (χ0v) is 19.0. The number of barbiturate groups is 1. The molecule has 1 atom stereocenters. The number of imide groups is 2. The van der Waals surface area contributed by atoms with Crippen LogP contribution in [0.3, 0.4) is 0 Å². The average Bonchev–Trinajstić information content (AvgIpc) is 3.32. The molecular weight excluding hydrogens is 440 g/mol. The lowest BCUT2D eigenvalue weighted by atomic mass is 10.0. The molecule has 7 heteroatoms. The fourth-order valence-corrected chi connectivity index (χ4v) is 4.09. The zero-order chi connectivity index (χ0) is 24.4. The minimum Gasteiger partial charge on any atom is -0.273 e. The molecule has 7 nitrogen and oxygen atoms in total. The molecule has 1 aliphatic heterocycles. The first-order chi connectivity index (χ1) is 17.0. The summed E-state index contributed by atoms with van der Waals surface area (Å²) < 4.78 is 1.70. The Kier molecular flexibility index (Phi) is 5.81. The SMILES string of the molecule is CC(c1ccccc1)N1C(=O)NC(=O)/C(=C/c2cn(-c3ccccc3)nc2-c2ccccc2)C1=O. The smallest absolute Gasteiger partial charge is 0.273 e. The van der Waals surface area contributed by atoms with Gasteiger partial charge in [-0.1, -0.05) is 78.9 Å². The summed E-state index contributed by atoms with van der Waals surface area (Å²) >= 11 is 0. The molecule has 2 heterocycles. The lowest BCUT2D eigenvalue weighted by Crippen LogP contribution is -2.54. The molecule has 0 aliphatic carbocycles. The number of para-hydroxylation sites is 1. The molecule has 3 aromatic carbocycles. The van der Waals surface area contributed by atoms with Crippen LogP contribution in [0.4, 0.5) is 4.79 Å². The van der Waals surface area contributed by atoms with E-state index in [9.17, 15) is 14.4 Å². The van der Waals surface area contributed by atoms with Crippen molar-refractivity contribution in [1.29, 1.82) is 0 Å². The molecule has 0 bridgehead atoms. The Balaban J connectivity index is 1.59. The van der Waals surface area contributed by atoms with E-state index in [1.165, 1.54) is 6.08 Å². The van der Waals surface area contributed by atoms with Crippen LogP contribution in [0.15, 0.2) is 103 Å². The number of carbonyl (C=O) groups excluding carboxylic acids is 3. The first-order valence-corrected chi connectivity index (χ1v) is 11.2. The summed E-state index contributed by atoms with van der Waals surface area (Å²) in [6, 6.07) is 27.0. The van der Waals surface area contributed by atoms with Gasteiger partial charge in [-0.05, 0) is 30.7 Å². The minimum absolute atomic E-state index is 0.128. The Bertz CT molecular complexity index is 1430. The molecule has 1 aromatic heterocycles. The van der Waals surface area contributed by atoms with Crippen molar-refractivity contribution in [3.63, 3.8) is 0 Å². The van der Waals surface area contributed by atoms with Crippen molar-refractivity contribution in [1.82, 2.24) is 20.0 Å². The van der Waals surface area contributed by atoms with Gasteiger partial charge in [0.2, 0.25) is 0 Å². The molecule has 35 heavy (non-hydrogen) atoms. The number of hydrogen-bond donors (Lipinski definition) is 1. The largest absolute Gasteiger partial charge is 0.331 e. The van der Waals surface area contributed by atoms with Crippen molar-refractivity contribution in [2.24, 2.45) is 0 Å². The molecule has 1 aliphatic rings. The van der Waals surface area contributed by atoms with Gasteiger partial charge in [0.15, 0.2) is 0 Å². The molecular formula is C28H22N4O3. The summed E-state index contributed by atoms with van der Waals surface area (Å²) in [5.41, 5.74) is 3.53. The highest BCUT2D eigenvalue weighted by Gasteiger charge is 2.39. The van der Waals surface area contributed by atoms with Gasteiger partial charge in [0, 0.05) is 17.3 Å². The van der Waals surface area contributed by atoms with E-state index in [-0.39, 0.29) is 5.57 Å². The number of nitrogens with one attached hydrogen (secondary N) is 1. The van der Waals surface area contributed by atoms with Gasteiger partial charge in [-0.3, -0.25) is 19.8 Å². The molecule has 0 spiro atoms. The van der Waals surface area contributed by atoms with Crippen molar-refractivity contribution in [3.05, 3.63) is 114 Å². The standard InChI is InChI=1S/C28H22N4O3/c1-19(20-11-5-2-6-12-20)32-27(34)24(26(33)29-28(32)35)17-22-18-31(23-15-9-4-10-16-23)30-25(22)21-13-7-3-8-14-21/h2-19H,1H3,(H,29,33,35)/b24-17-. The van der Waals surface area contributed by atoms with E-state index < -0.39 is 23.9 Å². The summed E-state index contributed by atoms with van der Waals surface area (Å²) in [4.78, 5) is 39.9. The summed E-state index contributed by atoms with van der Waals surface area (Å²) in [5, 5.41) is 7.04. The molecule has 0 saturated carbocycles. The third-order valence-corrected chi connectivity index (χ3v) is 5.91. The predicted octanol–water partition coefficient (Wildman–Crippen LogP) is 4.76.